The first kappa shape index (κ1) is 20.8. The Labute approximate surface area is 160 Å². The number of benzene rings is 1. The van der Waals surface area contributed by atoms with E-state index >= 15 is 0 Å². The maximum atomic E-state index is 12.6. The van der Waals surface area contributed by atoms with Crippen molar-refractivity contribution in [1.29, 1.82) is 0 Å². The van der Waals surface area contributed by atoms with Gasteiger partial charge in [0.2, 0.25) is 5.91 Å². The van der Waals surface area contributed by atoms with Gasteiger partial charge in [-0.1, -0.05) is 0 Å². The van der Waals surface area contributed by atoms with Gasteiger partial charge in [0, 0.05) is 38.0 Å². The van der Waals surface area contributed by atoms with E-state index < -0.39 is 9.84 Å². The highest BCUT2D eigenvalue weighted by molar-refractivity contribution is 7.91. The predicted molar refractivity (Wildman–Crippen MR) is 99.8 cm³/mol. The molecule has 1 atom stereocenters. The standard InChI is InChI=1S/C17H24N2O5S.ClH/c18-12-13-3-1-7-19(13)17(20)6-10-25(21,22)14-4-5-15-16(11-14)24-9-2-8-23-15;/h4-5,11,13H,1-3,6-10,12,18H2;1H. The van der Waals surface area contributed by atoms with Crippen LogP contribution in [-0.2, 0) is 14.6 Å². The van der Waals surface area contributed by atoms with Crippen LogP contribution in [0.4, 0.5) is 0 Å². The van der Waals surface area contributed by atoms with Crippen LogP contribution in [0, 0.1) is 0 Å². The Morgan fingerprint density at radius 3 is 2.65 bits per heavy atom. The molecule has 2 heterocycles. The molecule has 0 aromatic heterocycles. The van der Waals surface area contributed by atoms with Crippen LogP contribution in [0.2, 0.25) is 0 Å². The fourth-order valence-corrected chi connectivity index (χ4v) is 4.47. The lowest BCUT2D eigenvalue weighted by atomic mass is 10.2. The molecule has 1 saturated heterocycles. The number of sulfone groups is 1. The van der Waals surface area contributed by atoms with Gasteiger partial charge in [-0.05, 0) is 25.0 Å². The highest BCUT2D eigenvalue weighted by Gasteiger charge is 2.28. The Morgan fingerprint density at radius 2 is 1.92 bits per heavy atom. The smallest absolute Gasteiger partial charge is 0.223 e. The molecule has 7 nitrogen and oxygen atoms in total. The van der Waals surface area contributed by atoms with Gasteiger partial charge >= 0.3 is 0 Å². The quantitative estimate of drug-likeness (QED) is 0.796. The SMILES string of the molecule is Cl.NCC1CCCN1C(=O)CCS(=O)(=O)c1ccc2c(c1)OCCCO2. The van der Waals surface area contributed by atoms with Gasteiger partial charge in [-0.15, -0.1) is 12.4 Å². The number of halogens is 1. The number of nitrogens with zero attached hydrogens (tertiary/aromatic N) is 1. The molecule has 146 valence electrons. The average Bonchev–Trinajstić information content (AvgIpc) is 2.97. The van der Waals surface area contributed by atoms with Crippen LogP contribution in [0.1, 0.15) is 25.7 Å². The number of carbonyl (C=O) groups is 1. The van der Waals surface area contributed by atoms with E-state index in [9.17, 15) is 13.2 Å². The second-order valence-corrected chi connectivity index (χ2v) is 8.46. The summed E-state index contributed by atoms with van der Waals surface area (Å²) >= 11 is 0. The fourth-order valence-electron chi connectivity index (χ4n) is 3.23. The maximum Gasteiger partial charge on any atom is 0.223 e. The zero-order chi connectivity index (χ0) is 17.9. The maximum absolute atomic E-state index is 12.6. The number of ether oxygens (including phenoxy) is 2. The average molecular weight is 405 g/mol. The summed E-state index contributed by atoms with van der Waals surface area (Å²) in [5, 5.41) is 0. The molecule has 0 aliphatic carbocycles. The largest absolute Gasteiger partial charge is 0.490 e. The van der Waals surface area contributed by atoms with E-state index in [0.29, 0.717) is 37.8 Å². The number of carbonyl (C=O) groups excluding carboxylic acids is 1. The summed E-state index contributed by atoms with van der Waals surface area (Å²) in [6.07, 6.45) is 2.52. The van der Waals surface area contributed by atoms with Crippen molar-refractivity contribution in [1.82, 2.24) is 4.90 Å². The molecule has 0 bridgehead atoms. The van der Waals surface area contributed by atoms with Crippen LogP contribution < -0.4 is 15.2 Å². The molecule has 1 aromatic rings. The number of rotatable bonds is 5. The number of likely N-dealkylation sites (tertiary alicyclic amines) is 1. The van der Waals surface area contributed by atoms with Crippen molar-refractivity contribution < 1.29 is 22.7 Å². The fraction of sp³-hybridized carbons (Fsp3) is 0.588. The highest BCUT2D eigenvalue weighted by Crippen LogP contribution is 2.32. The lowest BCUT2D eigenvalue weighted by molar-refractivity contribution is -0.131. The van der Waals surface area contributed by atoms with Gasteiger partial charge in [0.15, 0.2) is 21.3 Å². The molecule has 0 radical (unpaired) electrons. The summed E-state index contributed by atoms with van der Waals surface area (Å²) in [5.41, 5.74) is 5.67. The van der Waals surface area contributed by atoms with Gasteiger partial charge in [0.1, 0.15) is 0 Å². The minimum atomic E-state index is -3.57. The van der Waals surface area contributed by atoms with E-state index in [2.05, 4.69) is 0 Å². The first-order valence-corrected chi connectivity index (χ1v) is 10.3. The third-order valence-electron chi connectivity index (χ3n) is 4.63. The molecule has 0 spiro atoms. The Kier molecular flexibility index (Phi) is 7.14. The van der Waals surface area contributed by atoms with Crippen molar-refractivity contribution in [2.24, 2.45) is 5.73 Å². The number of amides is 1. The lowest BCUT2D eigenvalue weighted by Crippen LogP contribution is -2.40. The number of hydrogen-bond acceptors (Lipinski definition) is 6. The minimum Gasteiger partial charge on any atom is -0.490 e. The zero-order valence-electron chi connectivity index (χ0n) is 14.6. The van der Waals surface area contributed by atoms with Gasteiger partial charge < -0.3 is 20.1 Å². The van der Waals surface area contributed by atoms with Crippen LogP contribution in [0.3, 0.4) is 0 Å². The van der Waals surface area contributed by atoms with E-state index in [1.54, 1.807) is 11.0 Å². The zero-order valence-corrected chi connectivity index (χ0v) is 16.2. The predicted octanol–water partition coefficient (Wildman–Crippen LogP) is 1.38. The number of nitrogens with two attached hydrogens (primary N) is 1. The Bertz CT molecular complexity index is 741. The minimum absolute atomic E-state index is 0. The van der Waals surface area contributed by atoms with Crippen LogP contribution in [0.15, 0.2) is 23.1 Å². The molecule has 1 amide bonds. The molecule has 9 heteroatoms. The summed E-state index contributed by atoms with van der Waals surface area (Å²) in [6, 6.07) is 4.64. The number of fused-ring (bicyclic) bond motifs is 1. The van der Waals surface area contributed by atoms with E-state index in [1.807, 2.05) is 0 Å². The molecule has 3 rings (SSSR count). The van der Waals surface area contributed by atoms with Gasteiger partial charge in [-0.2, -0.15) is 0 Å². The van der Waals surface area contributed by atoms with Crippen LogP contribution >= 0.6 is 12.4 Å². The third-order valence-corrected chi connectivity index (χ3v) is 6.35. The summed E-state index contributed by atoms with van der Waals surface area (Å²) in [7, 11) is -3.57. The first-order valence-electron chi connectivity index (χ1n) is 8.63. The molecule has 26 heavy (non-hydrogen) atoms. The van der Waals surface area contributed by atoms with Gasteiger partial charge in [-0.3, -0.25) is 4.79 Å². The first-order chi connectivity index (χ1) is 12.0. The van der Waals surface area contributed by atoms with Crippen LogP contribution in [0.5, 0.6) is 11.5 Å². The second-order valence-electron chi connectivity index (χ2n) is 6.35. The van der Waals surface area contributed by atoms with Crippen molar-refractivity contribution in [3.63, 3.8) is 0 Å². The monoisotopic (exact) mass is 404 g/mol. The third kappa shape index (κ3) is 4.61. The Hall–Kier alpha value is -1.51. The second kappa shape index (κ2) is 8.92. The lowest BCUT2D eigenvalue weighted by Gasteiger charge is -2.23. The van der Waals surface area contributed by atoms with Crippen molar-refractivity contribution in [2.45, 2.75) is 36.6 Å². The van der Waals surface area contributed by atoms with Crippen molar-refractivity contribution >= 4 is 28.2 Å². The molecule has 1 fully saturated rings. The topological polar surface area (TPSA) is 98.9 Å². The van der Waals surface area contributed by atoms with E-state index in [-0.39, 0.29) is 41.4 Å². The highest BCUT2D eigenvalue weighted by atomic mass is 35.5. The van der Waals surface area contributed by atoms with Gasteiger partial charge in [0.05, 0.1) is 23.9 Å². The molecular weight excluding hydrogens is 380 g/mol. The normalized spacial score (nSPS) is 19.6. The molecule has 2 N–H and O–H groups in total. The molecule has 1 aromatic carbocycles. The molecule has 0 saturated carbocycles. The molecular formula is C17H25ClN2O5S. The summed E-state index contributed by atoms with van der Waals surface area (Å²) < 4.78 is 36.2. The molecule has 2 aliphatic heterocycles. The van der Waals surface area contributed by atoms with Gasteiger partial charge in [0.25, 0.3) is 0 Å². The molecule has 1 unspecified atom stereocenters. The summed E-state index contributed by atoms with van der Waals surface area (Å²) in [4.78, 5) is 14.2. The van der Waals surface area contributed by atoms with Crippen LogP contribution in [-0.4, -0.2) is 57.3 Å². The van der Waals surface area contributed by atoms with E-state index in [4.69, 9.17) is 15.2 Å². The Morgan fingerprint density at radius 1 is 1.19 bits per heavy atom. The number of hydrogen-bond donors (Lipinski definition) is 1. The van der Waals surface area contributed by atoms with Crippen molar-refractivity contribution in [3.05, 3.63) is 18.2 Å². The Balaban J connectivity index is 0.00000243. The van der Waals surface area contributed by atoms with Gasteiger partial charge in [-0.25, -0.2) is 8.42 Å². The van der Waals surface area contributed by atoms with Crippen LogP contribution in [0.25, 0.3) is 0 Å². The summed E-state index contributed by atoms with van der Waals surface area (Å²) in [5.74, 6) is 0.619. The summed E-state index contributed by atoms with van der Waals surface area (Å²) in [6.45, 7) is 2.11. The van der Waals surface area contributed by atoms with E-state index in [1.165, 1.54) is 12.1 Å². The molecule has 2 aliphatic rings. The van der Waals surface area contributed by atoms with Crippen molar-refractivity contribution in [2.75, 3.05) is 32.1 Å². The van der Waals surface area contributed by atoms with Crippen molar-refractivity contribution in [3.8, 4) is 11.5 Å². The van der Waals surface area contributed by atoms with E-state index in [0.717, 1.165) is 19.3 Å².